The fourth-order valence-corrected chi connectivity index (χ4v) is 1.83. The standard InChI is InChI=1S/C12H8F3IN2O/c1-6(2)11(19)18-10-4-8(12(13,14)15)7(5-17)3-9(10)16/h3-4H,1H2,2H3,(H,18,19). The van der Waals surface area contributed by atoms with Gasteiger partial charge in [0.25, 0.3) is 5.91 Å². The Morgan fingerprint density at radius 2 is 2.05 bits per heavy atom. The highest BCUT2D eigenvalue weighted by atomic mass is 127. The summed E-state index contributed by atoms with van der Waals surface area (Å²) in [7, 11) is 0. The number of alkyl halides is 3. The van der Waals surface area contributed by atoms with Gasteiger partial charge in [0, 0.05) is 9.14 Å². The van der Waals surface area contributed by atoms with Crippen molar-refractivity contribution >= 4 is 34.2 Å². The second-order valence-corrected chi connectivity index (χ2v) is 4.88. The normalized spacial score (nSPS) is 10.7. The maximum Gasteiger partial charge on any atom is 0.417 e. The lowest BCUT2D eigenvalue weighted by molar-refractivity contribution is -0.137. The summed E-state index contributed by atoms with van der Waals surface area (Å²) in [4.78, 5) is 11.4. The van der Waals surface area contributed by atoms with Crippen LogP contribution in [0, 0.1) is 14.9 Å². The van der Waals surface area contributed by atoms with Gasteiger partial charge in [0.2, 0.25) is 0 Å². The number of nitrogens with one attached hydrogen (secondary N) is 1. The number of anilines is 1. The summed E-state index contributed by atoms with van der Waals surface area (Å²) in [6.45, 7) is 4.84. The fraction of sp³-hybridized carbons (Fsp3) is 0.167. The van der Waals surface area contributed by atoms with Gasteiger partial charge in [-0.3, -0.25) is 4.79 Å². The van der Waals surface area contributed by atoms with E-state index in [1.54, 1.807) is 22.6 Å². The van der Waals surface area contributed by atoms with E-state index in [-0.39, 0.29) is 11.3 Å². The number of rotatable bonds is 2. The maximum absolute atomic E-state index is 12.8. The number of carbonyl (C=O) groups excluding carboxylic acids is 1. The van der Waals surface area contributed by atoms with Crippen LogP contribution in [0.5, 0.6) is 0 Å². The molecule has 1 aromatic carbocycles. The van der Waals surface area contributed by atoms with Gasteiger partial charge >= 0.3 is 6.18 Å². The molecule has 0 aromatic heterocycles. The van der Waals surface area contributed by atoms with E-state index in [0.29, 0.717) is 3.57 Å². The molecule has 0 atom stereocenters. The number of halogens is 4. The monoisotopic (exact) mass is 380 g/mol. The molecular weight excluding hydrogens is 372 g/mol. The van der Waals surface area contributed by atoms with Gasteiger partial charge < -0.3 is 5.32 Å². The van der Waals surface area contributed by atoms with Crippen LogP contribution >= 0.6 is 22.6 Å². The van der Waals surface area contributed by atoms with Crippen molar-refractivity contribution in [1.29, 1.82) is 5.26 Å². The molecule has 7 heteroatoms. The second kappa shape index (κ2) is 5.61. The predicted octanol–water partition coefficient (Wildman–Crippen LogP) is 3.70. The van der Waals surface area contributed by atoms with E-state index in [0.717, 1.165) is 12.1 Å². The van der Waals surface area contributed by atoms with E-state index in [4.69, 9.17) is 5.26 Å². The lowest BCUT2D eigenvalue weighted by Gasteiger charge is -2.13. The van der Waals surface area contributed by atoms with Gasteiger partial charge in [0.1, 0.15) is 0 Å². The number of benzene rings is 1. The molecule has 0 radical (unpaired) electrons. The average Bonchev–Trinajstić information content (AvgIpc) is 2.29. The summed E-state index contributed by atoms with van der Waals surface area (Å²) in [6, 6.07) is 3.32. The first-order chi connectivity index (χ1) is 8.66. The molecule has 1 amide bonds. The van der Waals surface area contributed by atoms with E-state index in [1.807, 2.05) is 0 Å². The predicted molar refractivity (Wildman–Crippen MR) is 72.3 cm³/mol. The van der Waals surface area contributed by atoms with E-state index >= 15 is 0 Å². The minimum Gasteiger partial charge on any atom is -0.321 e. The molecule has 0 saturated heterocycles. The number of nitriles is 1. The molecule has 0 bridgehead atoms. The number of carbonyl (C=O) groups is 1. The zero-order chi connectivity index (χ0) is 14.8. The summed E-state index contributed by atoms with van der Waals surface area (Å²) in [5.41, 5.74) is -1.38. The Labute approximate surface area is 121 Å². The van der Waals surface area contributed by atoms with Crippen molar-refractivity contribution < 1.29 is 18.0 Å². The Kier molecular flexibility index (Phi) is 4.57. The van der Waals surface area contributed by atoms with Gasteiger partial charge in [0.05, 0.1) is 22.9 Å². The van der Waals surface area contributed by atoms with Crippen molar-refractivity contribution in [2.75, 3.05) is 5.32 Å². The molecule has 0 aliphatic carbocycles. The molecule has 1 rings (SSSR count). The first-order valence-electron chi connectivity index (χ1n) is 4.94. The lowest BCUT2D eigenvalue weighted by atomic mass is 10.1. The van der Waals surface area contributed by atoms with Crippen LogP contribution in [0.1, 0.15) is 18.1 Å². The molecule has 19 heavy (non-hydrogen) atoms. The van der Waals surface area contributed by atoms with Crippen molar-refractivity contribution in [3.8, 4) is 6.07 Å². The number of hydrogen-bond donors (Lipinski definition) is 1. The van der Waals surface area contributed by atoms with Gasteiger partial charge in [-0.25, -0.2) is 0 Å². The minimum absolute atomic E-state index is 0.0000694. The SMILES string of the molecule is C=C(C)C(=O)Nc1cc(C(F)(F)F)c(C#N)cc1I. The zero-order valence-corrected chi connectivity index (χ0v) is 11.9. The largest absolute Gasteiger partial charge is 0.417 e. The van der Waals surface area contributed by atoms with E-state index in [9.17, 15) is 18.0 Å². The van der Waals surface area contributed by atoms with Crippen LogP contribution in [-0.2, 0) is 11.0 Å². The Morgan fingerprint density at radius 3 is 2.47 bits per heavy atom. The zero-order valence-electron chi connectivity index (χ0n) is 9.73. The molecule has 0 aliphatic rings. The number of hydrogen-bond acceptors (Lipinski definition) is 2. The molecule has 0 aliphatic heterocycles. The molecule has 3 nitrogen and oxygen atoms in total. The van der Waals surface area contributed by atoms with E-state index < -0.39 is 23.2 Å². The molecular formula is C12H8F3IN2O. The highest BCUT2D eigenvalue weighted by Gasteiger charge is 2.34. The summed E-state index contributed by atoms with van der Waals surface area (Å²) in [5.74, 6) is -0.573. The van der Waals surface area contributed by atoms with Crippen molar-refractivity contribution in [2.45, 2.75) is 13.1 Å². The van der Waals surface area contributed by atoms with Gasteiger partial charge in [-0.15, -0.1) is 0 Å². The Bertz CT molecular complexity index is 588. The fourth-order valence-electron chi connectivity index (χ4n) is 1.23. The summed E-state index contributed by atoms with van der Waals surface area (Å²) < 4.78 is 38.6. The number of amides is 1. The summed E-state index contributed by atoms with van der Waals surface area (Å²) in [5, 5.41) is 11.0. The van der Waals surface area contributed by atoms with Crippen LogP contribution in [0.2, 0.25) is 0 Å². The highest BCUT2D eigenvalue weighted by molar-refractivity contribution is 14.1. The topological polar surface area (TPSA) is 52.9 Å². The number of nitrogens with zero attached hydrogens (tertiary/aromatic N) is 1. The molecule has 0 saturated carbocycles. The first kappa shape index (κ1) is 15.5. The molecule has 0 heterocycles. The van der Waals surface area contributed by atoms with Crippen LogP contribution in [0.25, 0.3) is 0 Å². The Morgan fingerprint density at radius 1 is 1.47 bits per heavy atom. The second-order valence-electron chi connectivity index (χ2n) is 3.72. The minimum atomic E-state index is -4.65. The smallest absolute Gasteiger partial charge is 0.321 e. The van der Waals surface area contributed by atoms with Crippen LogP contribution in [0.3, 0.4) is 0 Å². The molecule has 1 N–H and O–H groups in total. The summed E-state index contributed by atoms with van der Waals surface area (Å²) >= 11 is 1.75. The Hall–Kier alpha value is -1.56. The van der Waals surface area contributed by atoms with Gasteiger partial charge in [0.15, 0.2) is 0 Å². The lowest BCUT2D eigenvalue weighted by Crippen LogP contribution is -2.15. The van der Waals surface area contributed by atoms with Crippen LogP contribution in [0.4, 0.5) is 18.9 Å². The molecule has 1 aromatic rings. The molecule has 0 unspecified atom stereocenters. The van der Waals surface area contributed by atoms with Gasteiger partial charge in [-0.2, -0.15) is 18.4 Å². The van der Waals surface area contributed by atoms with E-state index in [2.05, 4.69) is 11.9 Å². The highest BCUT2D eigenvalue weighted by Crippen LogP contribution is 2.35. The van der Waals surface area contributed by atoms with Crippen LogP contribution < -0.4 is 5.32 Å². The summed E-state index contributed by atoms with van der Waals surface area (Å²) in [6.07, 6.45) is -4.65. The molecule has 0 spiro atoms. The third-order valence-corrected chi connectivity index (χ3v) is 3.06. The van der Waals surface area contributed by atoms with Crippen LogP contribution in [0.15, 0.2) is 24.3 Å². The quantitative estimate of drug-likeness (QED) is 0.629. The van der Waals surface area contributed by atoms with Crippen molar-refractivity contribution in [3.63, 3.8) is 0 Å². The third kappa shape index (κ3) is 3.70. The third-order valence-electron chi connectivity index (χ3n) is 2.17. The van der Waals surface area contributed by atoms with Gasteiger partial charge in [-0.1, -0.05) is 6.58 Å². The first-order valence-corrected chi connectivity index (χ1v) is 6.02. The average molecular weight is 380 g/mol. The van der Waals surface area contributed by atoms with Crippen molar-refractivity contribution in [1.82, 2.24) is 0 Å². The van der Waals surface area contributed by atoms with Crippen molar-refractivity contribution in [2.24, 2.45) is 0 Å². The maximum atomic E-state index is 12.8. The molecule has 0 fully saturated rings. The molecule has 100 valence electrons. The Balaban J connectivity index is 3.33. The van der Waals surface area contributed by atoms with Crippen molar-refractivity contribution in [3.05, 3.63) is 39.0 Å². The van der Waals surface area contributed by atoms with E-state index in [1.165, 1.54) is 13.0 Å². The van der Waals surface area contributed by atoms with Gasteiger partial charge in [-0.05, 0) is 41.6 Å². The van der Waals surface area contributed by atoms with Crippen LogP contribution in [-0.4, -0.2) is 5.91 Å².